The first-order valence-electron chi connectivity index (χ1n) is 35.3. The summed E-state index contributed by atoms with van der Waals surface area (Å²) in [5.41, 5.74) is 1.07. The molecule has 0 N–H and O–H groups in total. The van der Waals surface area contributed by atoms with E-state index in [1.54, 1.807) is 37.3 Å². The number of esters is 4. The third-order valence-electron chi connectivity index (χ3n) is 20.5. The van der Waals surface area contributed by atoms with E-state index < -0.39 is 116 Å². The summed E-state index contributed by atoms with van der Waals surface area (Å²) >= 11 is 0. The third kappa shape index (κ3) is 20.6. The minimum atomic E-state index is -1.34. The highest BCUT2D eigenvalue weighted by Gasteiger charge is 2.31. The van der Waals surface area contributed by atoms with Gasteiger partial charge in [-0.05, 0) is 221 Å². The predicted molar refractivity (Wildman–Crippen MR) is 380 cm³/mol. The number of hydrogen-bond donors (Lipinski definition) is 0. The molecule has 0 bridgehead atoms. The molecule has 4 saturated carbocycles. The number of aryl methyl sites for hydroxylation is 2. The van der Waals surface area contributed by atoms with Crippen LogP contribution in [0.1, 0.15) is 246 Å². The van der Waals surface area contributed by atoms with Gasteiger partial charge in [0, 0.05) is 47.2 Å². The lowest BCUT2D eigenvalue weighted by atomic mass is 9.79. The third-order valence-corrected chi connectivity index (χ3v) is 20.5. The molecule has 8 nitrogen and oxygen atoms in total. The van der Waals surface area contributed by atoms with Gasteiger partial charge < -0.3 is 18.9 Å². The molecular formula is C84H92F12O8. The smallest absolute Gasteiger partial charge is 0.349 e. The van der Waals surface area contributed by atoms with E-state index in [9.17, 15) is 71.9 Å². The van der Waals surface area contributed by atoms with Crippen LogP contribution in [0.15, 0.2) is 121 Å². The molecule has 8 aromatic carbocycles. The number of benzene rings is 8. The average Bonchev–Trinajstić information content (AvgIpc) is 0.782. The minimum Gasteiger partial charge on any atom is -0.423 e. The van der Waals surface area contributed by atoms with Gasteiger partial charge in [-0.2, -0.15) is 0 Å². The van der Waals surface area contributed by atoms with Crippen LogP contribution in [0.25, 0.3) is 0 Å². The Bertz CT molecular complexity index is 4300. The van der Waals surface area contributed by atoms with Gasteiger partial charge in [-0.15, -0.1) is 0 Å². The molecule has 560 valence electrons. The maximum absolute atomic E-state index is 14.4. The fourth-order valence-corrected chi connectivity index (χ4v) is 13.6. The first-order chi connectivity index (χ1) is 49.4. The number of rotatable bonds is 12. The van der Waals surface area contributed by atoms with Crippen LogP contribution in [-0.2, 0) is 0 Å². The lowest BCUT2D eigenvalue weighted by Crippen LogP contribution is -2.16. The van der Waals surface area contributed by atoms with E-state index in [4.69, 9.17) is 18.9 Å². The SMILES string of the molecule is Cc1c(F)cc(OC(=O)c2c(F)cc(C3CCC(C)CC3)cc2F)cc1F.Cc1c(F)cc(OC(=O)c2ccc(C3CCC(C)CC3)cc2F)cc1F.Cc1ccc(OC(=O)c2c(F)cc(C3CCC(C)CC3)cc2F)cc1.Cc1ccc(OC(=O)c2c(F)cc(C3CCC(C)CC3)cc2F)cc1F.[HH].[HH].[HH].[HH]. The number of carbonyl (C=O) groups excluding carboxylic acids is 4. The predicted octanol–water partition coefficient (Wildman–Crippen LogP) is 24.7. The van der Waals surface area contributed by atoms with Crippen LogP contribution in [0, 0.1) is 121 Å². The second kappa shape index (κ2) is 35.5. The summed E-state index contributed by atoms with van der Waals surface area (Å²) in [6.45, 7) is 14.7. The molecule has 0 spiro atoms. The van der Waals surface area contributed by atoms with Crippen molar-refractivity contribution >= 4 is 23.9 Å². The molecule has 0 saturated heterocycles. The number of hydrogen-bond acceptors (Lipinski definition) is 8. The first kappa shape index (κ1) is 78.9. The largest absolute Gasteiger partial charge is 0.423 e. The molecule has 0 radical (unpaired) electrons. The molecule has 4 aliphatic carbocycles. The van der Waals surface area contributed by atoms with E-state index in [0.717, 1.165) is 156 Å². The quantitative estimate of drug-likeness (QED) is 0.0677. The van der Waals surface area contributed by atoms with E-state index in [2.05, 4.69) is 27.7 Å². The molecule has 0 heterocycles. The molecule has 8 aromatic rings. The van der Waals surface area contributed by atoms with Crippen LogP contribution in [0.4, 0.5) is 52.7 Å². The molecule has 0 unspecified atom stereocenters. The van der Waals surface area contributed by atoms with Crippen molar-refractivity contribution in [2.75, 3.05) is 0 Å². The van der Waals surface area contributed by atoms with Crippen molar-refractivity contribution in [1.29, 1.82) is 0 Å². The van der Waals surface area contributed by atoms with Crippen molar-refractivity contribution in [3.8, 4) is 23.0 Å². The van der Waals surface area contributed by atoms with Crippen molar-refractivity contribution in [3.63, 3.8) is 0 Å². The van der Waals surface area contributed by atoms with Crippen molar-refractivity contribution in [2.24, 2.45) is 23.7 Å². The fraction of sp³-hybridized carbons (Fsp3) is 0.381. The van der Waals surface area contributed by atoms with Crippen LogP contribution in [0.5, 0.6) is 23.0 Å². The second-order valence-electron chi connectivity index (χ2n) is 28.5. The fourth-order valence-electron chi connectivity index (χ4n) is 13.6. The Hall–Kier alpha value is -9.20. The van der Waals surface area contributed by atoms with Crippen LogP contribution < -0.4 is 18.9 Å². The standard InChI is InChI=1S/C21H20F4O2.2C21H21F3O2.C21H22F2O2.4H2/c1-11-3-5-13(6-4-11)14-7-18(24)20(19(25)8-14)21(26)27-15-9-16(22)12(2)17(23)10-15;1-12-3-6-14(7-4-12)15-9-18(23)20(19(24)10-15)21(25)26-16-8-5-13(2)17(22)11-16;1-12-3-5-14(6-4-12)15-7-8-17(20(24)9-15)21(25)26-16-10-18(22)13(2)19(23)11-16;1-13-3-7-15(8-4-13)16-11-18(22)20(19(23)12-16)21(24)25-17-9-5-14(2)6-10-17;;;;/h7-11,13H,3-6H2,1-2H3;5,8-12,14H,3-4,6-7H2,1-2H3;7-12,14H,3-6H2,1-2H3;5-6,9-13,15H,3-4,7-8H2,1-2H3;4*1H. The summed E-state index contributed by atoms with van der Waals surface area (Å²) in [7, 11) is 0. The lowest BCUT2D eigenvalue weighted by Gasteiger charge is -2.26. The maximum atomic E-state index is 14.4. The van der Waals surface area contributed by atoms with Crippen molar-refractivity contribution < 1.29 is 96.5 Å². The van der Waals surface area contributed by atoms with Crippen LogP contribution >= 0.6 is 0 Å². The minimum absolute atomic E-state index is 0. The Morgan fingerprint density at radius 3 is 0.865 bits per heavy atom. The van der Waals surface area contributed by atoms with Gasteiger partial charge in [0.2, 0.25) is 0 Å². The molecule has 4 aliphatic rings. The zero-order valence-electron chi connectivity index (χ0n) is 59.3. The van der Waals surface area contributed by atoms with E-state index >= 15 is 0 Å². The first-order valence-corrected chi connectivity index (χ1v) is 35.3. The summed E-state index contributed by atoms with van der Waals surface area (Å²) in [6, 6.07) is 25.7. The zero-order chi connectivity index (χ0) is 75.4. The average molecular weight is 1460 g/mol. The Morgan fingerprint density at radius 2 is 0.548 bits per heavy atom. The van der Waals surface area contributed by atoms with Gasteiger partial charge in [0.15, 0.2) is 0 Å². The Kier molecular flexibility index (Phi) is 27.0. The van der Waals surface area contributed by atoms with Gasteiger partial charge in [-0.3, -0.25) is 0 Å². The monoisotopic (exact) mass is 1460 g/mol. The summed E-state index contributed by atoms with van der Waals surface area (Å²) < 4.78 is 188. The number of ether oxygens (including phenoxy) is 4. The number of halogens is 12. The van der Waals surface area contributed by atoms with E-state index in [1.807, 2.05) is 6.92 Å². The summed E-state index contributed by atoms with van der Waals surface area (Å²) in [4.78, 5) is 48.6. The molecule has 0 aliphatic heterocycles. The number of carbonyl (C=O) groups is 4. The lowest BCUT2D eigenvalue weighted by molar-refractivity contribution is 0.0713. The van der Waals surface area contributed by atoms with Crippen molar-refractivity contribution in [2.45, 2.75) is 182 Å². The van der Waals surface area contributed by atoms with Gasteiger partial charge in [-0.25, -0.2) is 71.9 Å². The second-order valence-corrected chi connectivity index (χ2v) is 28.5. The van der Waals surface area contributed by atoms with E-state index in [1.165, 1.54) is 62.4 Å². The molecular weight excluding hydrogens is 1360 g/mol. The highest BCUT2D eigenvalue weighted by molar-refractivity contribution is 5.93. The van der Waals surface area contributed by atoms with Gasteiger partial charge in [-0.1, -0.05) is 109 Å². The van der Waals surface area contributed by atoms with Crippen LogP contribution in [-0.4, -0.2) is 23.9 Å². The van der Waals surface area contributed by atoms with Crippen molar-refractivity contribution in [3.05, 3.63) is 258 Å². The summed E-state index contributed by atoms with van der Waals surface area (Å²) in [5.74, 6) is -12.3. The topological polar surface area (TPSA) is 105 Å². The van der Waals surface area contributed by atoms with Crippen LogP contribution in [0.3, 0.4) is 0 Å². The van der Waals surface area contributed by atoms with Gasteiger partial charge in [0.25, 0.3) is 0 Å². The molecule has 0 amide bonds. The molecule has 20 heteroatoms. The van der Waals surface area contributed by atoms with Gasteiger partial charge in [0.05, 0.1) is 5.56 Å². The van der Waals surface area contributed by atoms with E-state index in [-0.39, 0.29) is 57.4 Å². The summed E-state index contributed by atoms with van der Waals surface area (Å²) in [5, 5.41) is 0. The normalized spacial score (nSPS) is 20.0. The zero-order valence-corrected chi connectivity index (χ0v) is 59.3. The van der Waals surface area contributed by atoms with Gasteiger partial charge >= 0.3 is 23.9 Å². The Labute approximate surface area is 604 Å². The van der Waals surface area contributed by atoms with Gasteiger partial charge in [0.1, 0.15) is 109 Å². The maximum Gasteiger partial charge on any atom is 0.349 e. The Balaban J connectivity index is 0.000000255. The van der Waals surface area contributed by atoms with E-state index in [0.29, 0.717) is 51.8 Å². The highest BCUT2D eigenvalue weighted by Crippen LogP contribution is 2.41. The Morgan fingerprint density at radius 1 is 0.279 bits per heavy atom. The van der Waals surface area contributed by atoms with Crippen LogP contribution in [0.2, 0.25) is 0 Å². The molecule has 0 aromatic heterocycles. The molecule has 0 atom stereocenters. The summed E-state index contributed by atoms with van der Waals surface area (Å²) in [6.07, 6.45) is 15.7. The van der Waals surface area contributed by atoms with Crippen molar-refractivity contribution in [1.82, 2.24) is 0 Å². The molecule has 12 rings (SSSR count). The molecule has 4 fully saturated rings. The molecule has 104 heavy (non-hydrogen) atoms. The highest BCUT2D eigenvalue weighted by atomic mass is 19.2.